The van der Waals surface area contributed by atoms with Crippen LogP contribution in [0.25, 0.3) is 0 Å². The molecular weight excluding hydrogens is 373 g/mol. The Morgan fingerprint density at radius 3 is 2.52 bits per heavy atom. The van der Waals surface area contributed by atoms with Gasteiger partial charge in [-0.05, 0) is 58.2 Å². The standard InChI is InChI=1S/C16H14BrCl2NO/c1-2-15(10-4-3-5-11(18)8-10)20-16(21)13-7-6-12(19)9-14(13)17/h3-9,15H,2H2,1H3,(H,20,21). The molecule has 110 valence electrons. The number of carbonyl (C=O) groups excluding carboxylic acids is 1. The second-order valence-corrected chi connectivity index (χ2v) is 6.34. The molecule has 1 unspecified atom stereocenters. The van der Waals surface area contributed by atoms with Crippen LogP contribution in [-0.4, -0.2) is 5.91 Å². The molecule has 0 bridgehead atoms. The summed E-state index contributed by atoms with van der Waals surface area (Å²) in [6.07, 6.45) is 0.775. The van der Waals surface area contributed by atoms with E-state index in [0.717, 1.165) is 12.0 Å². The Morgan fingerprint density at radius 1 is 1.19 bits per heavy atom. The van der Waals surface area contributed by atoms with E-state index in [9.17, 15) is 4.79 Å². The third kappa shape index (κ3) is 4.22. The molecule has 1 amide bonds. The number of hydrogen-bond donors (Lipinski definition) is 1. The first-order valence-electron chi connectivity index (χ1n) is 6.52. The average Bonchev–Trinajstić information content (AvgIpc) is 2.44. The van der Waals surface area contributed by atoms with Gasteiger partial charge in [-0.2, -0.15) is 0 Å². The van der Waals surface area contributed by atoms with Crippen LogP contribution in [-0.2, 0) is 0 Å². The summed E-state index contributed by atoms with van der Waals surface area (Å²) < 4.78 is 0.674. The molecule has 1 atom stereocenters. The maximum absolute atomic E-state index is 12.4. The van der Waals surface area contributed by atoms with Crippen LogP contribution in [0.2, 0.25) is 10.0 Å². The molecule has 0 aromatic heterocycles. The quantitative estimate of drug-likeness (QED) is 0.723. The van der Waals surface area contributed by atoms with Crippen molar-refractivity contribution in [3.8, 4) is 0 Å². The van der Waals surface area contributed by atoms with Crippen LogP contribution in [0.15, 0.2) is 46.9 Å². The van der Waals surface area contributed by atoms with E-state index in [4.69, 9.17) is 23.2 Å². The van der Waals surface area contributed by atoms with E-state index in [-0.39, 0.29) is 11.9 Å². The van der Waals surface area contributed by atoms with E-state index in [0.29, 0.717) is 20.1 Å². The highest BCUT2D eigenvalue weighted by Crippen LogP contribution is 2.24. The fourth-order valence-electron chi connectivity index (χ4n) is 2.05. The molecule has 0 radical (unpaired) electrons. The first kappa shape index (κ1) is 16.3. The maximum atomic E-state index is 12.4. The summed E-state index contributed by atoms with van der Waals surface area (Å²) in [5.74, 6) is -0.148. The van der Waals surface area contributed by atoms with Gasteiger partial charge in [0.15, 0.2) is 0 Å². The van der Waals surface area contributed by atoms with Crippen molar-refractivity contribution in [1.82, 2.24) is 5.32 Å². The summed E-state index contributed by atoms with van der Waals surface area (Å²) in [5, 5.41) is 4.26. The second kappa shape index (κ2) is 7.30. The lowest BCUT2D eigenvalue weighted by atomic mass is 10.0. The van der Waals surface area contributed by atoms with E-state index >= 15 is 0 Å². The molecule has 2 rings (SSSR count). The summed E-state index contributed by atoms with van der Waals surface area (Å²) in [4.78, 5) is 12.4. The second-order valence-electron chi connectivity index (χ2n) is 4.61. The van der Waals surface area contributed by atoms with Crippen molar-refractivity contribution in [3.63, 3.8) is 0 Å². The smallest absolute Gasteiger partial charge is 0.252 e. The third-order valence-electron chi connectivity index (χ3n) is 3.14. The zero-order valence-electron chi connectivity index (χ0n) is 11.4. The largest absolute Gasteiger partial charge is 0.345 e. The van der Waals surface area contributed by atoms with E-state index < -0.39 is 0 Å². The van der Waals surface area contributed by atoms with Gasteiger partial charge in [0.05, 0.1) is 11.6 Å². The summed E-state index contributed by atoms with van der Waals surface area (Å²) in [5.41, 5.74) is 1.54. The molecular formula is C16H14BrCl2NO. The molecule has 0 aliphatic heterocycles. The van der Waals surface area contributed by atoms with Gasteiger partial charge in [-0.15, -0.1) is 0 Å². The lowest BCUT2D eigenvalue weighted by Gasteiger charge is -2.18. The Hall–Kier alpha value is -1.03. The first-order valence-corrected chi connectivity index (χ1v) is 8.07. The number of halogens is 3. The Bertz CT molecular complexity index is 660. The van der Waals surface area contributed by atoms with Gasteiger partial charge >= 0.3 is 0 Å². The Balaban J connectivity index is 2.20. The third-order valence-corrected chi connectivity index (χ3v) is 4.27. The number of hydrogen-bond acceptors (Lipinski definition) is 1. The minimum atomic E-state index is -0.148. The van der Waals surface area contributed by atoms with E-state index in [1.807, 2.05) is 31.2 Å². The van der Waals surface area contributed by atoms with Gasteiger partial charge in [0.1, 0.15) is 0 Å². The van der Waals surface area contributed by atoms with E-state index in [1.165, 1.54) is 0 Å². The van der Waals surface area contributed by atoms with Crippen LogP contribution in [0, 0.1) is 0 Å². The van der Waals surface area contributed by atoms with Gasteiger partial charge in [0.25, 0.3) is 5.91 Å². The molecule has 0 spiro atoms. The van der Waals surface area contributed by atoms with Gasteiger partial charge < -0.3 is 5.32 Å². The molecule has 0 saturated carbocycles. The zero-order chi connectivity index (χ0) is 15.4. The van der Waals surface area contributed by atoms with E-state index in [1.54, 1.807) is 18.2 Å². The molecule has 0 aliphatic carbocycles. The highest BCUT2D eigenvalue weighted by atomic mass is 79.9. The highest BCUT2D eigenvalue weighted by Gasteiger charge is 2.16. The van der Waals surface area contributed by atoms with Gasteiger partial charge in [-0.1, -0.05) is 42.3 Å². The summed E-state index contributed by atoms with van der Waals surface area (Å²) in [6, 6.07) is 12.5. The Kier molecular flexibility index (Phi) is 5.68. The Labute approximate surface area is 142 Å². The van der Waals surface area contributed by atoms with Crippen molar-refractivity contribution in [2.75, 3.05) is 0 Å². The van der Waals surface area contributed by atoms with Crippen LogP contribution < -0.4 is 5.32 Å². The molecule has 0 aliphatic rings. The summed E-state index contributed by atoms with van der Waals surface area (Å²) in [6.45, 7) is 2.02. The lowest BCUT2D eigenvalue weighted by molar-refractivity contribution is 0.0935. The SMILES string of the molecule is CCC(NC(=O)c1ccc(Cl)cc1Br)c1cccc(Cl)c1. The number of carbonyl (C=O) groups is 1. The summed E-state index contributed by atoms with van der Waals surface area (Å²) >= 11 is 15.3. The lowest BCUT2D eigenvalue weighted by Crippen LogP contribution is -2.28. The fraction of sp³-hybridized carbons (Fsp3) is 0.188. The minimum Gasteiger partial charge on any atom is -0.345 e. The zero-order valence-corrected chi connectivity index (χ0v) is 14.5. The predicted molar refractivity (Wildman–Crippen MR) is 91.1 cm³/mol. The van der Waals surface area contributed by atoms with Crippen LogP contribution >= 0.6 is 39.1 Å². The molecule has 2 nitrogen and oxygen atoms in total. The summed E-state index contributed by atoms with van der Waals surface area (Å²) in [7, 11) is 0. The molecule has 0 saturated heterocycles. The van der Waals surface area contributed by atoms with Gasteiger partial charge in [-0.25, -0.2) is 0 Å². The fourth-order valence-corrected chi connectivity index (χ4v) is 3.12. The molecule has 21 heavy (non-hydrogen) atoms. The highest BCUT2D eigenvalue weighted by molar-refractivity contribution is 9.10. The molecule has 5 heteroatoms. The monoisotopic (exact) mass is 385 g/mol. The predicted octanol–water partition coefficient (Wildman–Crippen LogP) is 5.64. The molecule has 1 N–H and O–H groups in total. The number of benzene rings is 2. The van der Waals surface area contributed by atoms with Crippen molar-refractivity contribution in [2.24, 2.45) is 0 Å². The Morgan fingerprint density at radius 2 is 1.90 bits per heavy atom. The van der Waals surface area contributed by atoms with Gasteiger partial charge in [0.2, 0.25) is 0 Å². The number of amides is 1. The van der Waals surface area contributed by atoms with Gasteiger partial charge in [-0.3, -0.25) is 4.79 Å². The minimum absolute atomic E-state index is 0.0845. The van der Waals surface area contributed by atoms with Crippen LogP contribution in [0.4, 0.5) is 0 Å². The number of nitrogens with one attached hydrogen (secondary N) is 1. The maximum Gasteiger partial charge on any atom is 0.252 e. The van der Waals surface area contributed by atoms with Crippen molar-refractivity contribution in [3.05, 3.63) is 68.1 Å². The van der Waals surface area contributed by atoms with Crippen molar-refractivity contribution in [1.29, 1.82) is 0 Å². The van der Waals surface area contributed by atoms with Crippen LogP contribution in [0.3, 0.4) is 0 Å². The van der Waals surface area contributed by atoms with Crippen molar-refractivity contribution < 1.29 is 4.79 Å². The molecule has 0 fully saturated rings. The van der Waals surface area contributed by atoms with Crippen molar-refractivity contribution >= 4 is 45.0 Å². The van der Waals surface area contributed by atoms with E-state index in [2.05, 4.69) is 21.2 Å². The molecule has 2 aromatic rings. The first-order chi connectivity index (χ1) is 10.0. The van der Waals surface area contributed by atoms with Crippen molar-refractivity contribution in [2.45, 2.75) is 19.4 Å². The topological polar surface area (TPSA) is 29.1 Å². The van der Waals surface area contributed by atoms with Gasteiger partial charge in [0, 0.05) is 14.5 Å². The molecule has 2 aromatic carbocycles. The van der Waals surface area contributed by atoms with Crippen LogP contribution in [0.5, 0.6) is 0 Å². The molecule has 0 heterocycles. The number of rotatable bonds is 4. The van der Waals surface area contributed by atoms with Crippen LogP contribution in [0.1, 0.15) is 35.3 Å². The normalized spacial score (nSPS) is 12.0. The average molecular weight is 387 g/mol.